The van der Waals surface area contributed by atoms with Crippen LogP contribution in [-0.2, 0) is 11.3 Å². The fourth-order valence-corrected chi connectivity index (χ4v) is 2.91. The molecule has 1 aliphatic heterocycles. The molecule has 1 fully saturated rings. The zero-order valence-electron chi connectivity index (χ0n) is 12.9. The molecular weight excluding hydrogens is 246 g/mol. The fourth-order valence-electron chi connectivity index (χ4n) is 2.91. The summed E-state index contributed by atoms with van der Waals surface area (Å²) in [5, 5.41) is 0. The summed E-state index contributed by atoms with van der Waals surface area (Å²) < 4.78 is 5.34. The Morgan fingerprint density at radius 2 is 1.90 bits per heavy atom. The van der Waals surface area contributed by atoms with Crippen molar-refractivity contribution in [1.29, 1.82) is 0 Å². The Bertz CT molecular complexity index is 506. The minimum absolute atomic E-state index is 0.653. The van der Waals surface area contributed by atoms with E-state index in [4.69, 9.17) is 4.74 Å². The molecule has 0 unspecified atom stereocenters. The van der Waals surface area contributed by atoms with Crippen molar-refractivity contribution in [2.24, 2.45) is 0 Å². The first-order chi connectivity index (χ1) is 9.63. The van der Waals surface area contributed by atoms with E-state index in [1.165, 1.54) is 16.7 Å². The van der Waals surface area contributed by atoms with Crippen LogP contribution < -0.4 is 0 Å². The van der Waals surface area contributed by atoms with Crippen LogP contribution in [0.15, 0.2) is 42.0 Å². The van der Waals surface area contributed by atoms with Gasteiger partial charge in [-0.1, -0.05) is 42.0 Å². The number of ether oxygens (including phenoxy) is 1. The van der Waals surface area contributed by atoms with Crippen molar-refractivity contribution in [3.8, 4) is 0 Å². The van der Waals surface area contributed by atoms with Crippen LogP contribution in [-0.4, -0.2) is 32.1 Å². The molecule has 0 aliphatic carbocycles. The monoisotopic (exact) mass is 271 g/mol. The molecule has 0 spiro atoms. The van der Waals surface area contributed by atoms with Crippen molar-refractivity contribution in [2.75, 3.05) is 27.2 Å². The van der Waals surface area contributed by atoms with Crippen LogP contribution in [0.3, 0.4) is 0 Å². The number of piperidine rings is 1. The van der Waals surface area contributed by atoms with Gasteiger partial charge in [-0.15, -0.1) is 0 Å². The lowest BCUT2D eigenvalue weighted by Crippen LogP contribution is -2.27. The summed E-state index contributed by atoms with van der Waals surface area (Å²) in [5.41, 5.74) is 6.60. The van der Waals surface area contributed by atoms with Crippen LogP contribution in [0, 0.1) is 0 Å². The lowest BCUT2D eigenvalue weighted by molar-refractivity contribution is 0.184. The molecule has 0 aromatic heterocycles. The molecule has 0 amide bonds. The second kappa shape index (κ2) is 6.87. The molecule has 0 atom stereocenters. The maximum Gasteiger partial charge on any atom is 0.0719 e. The lowest BCUT2D eigenvalue weighted by Gasteiger charge is -2.27. The highest BCUT2D eigenvalue weighted by molar-refractivity contribution is 5.82. The summed E-state index contributed by atoms with van der Waals surface area (Å²) in [6.45, 7) is 9.26. The minimum atomic E-state index is 0.653. The van der Waals surface area contributed by atoms with E-state index in [0.717, 1.165) is 31.5 Å². The van der Waals surface area contributed by atoms with Crippen molar-refractivity contribution in [2.45, 2.75) is 26.4 Å². The summed E-state index contributed by atoms with van der Waals surface area (Å²) in [5.74, 6) is 0. The van der Waals surface area contributed by atoms with Crippen molar-refractivity contribution in [3.63, 3.8) is 0 Å². The maximum absolute atomic E-state index is 5.34. The zero-order valence-corrected chi connectivity index (χ0v) is 12.9. The van der Waals surface area contributed by atoms with Crippen molar-refractivity contribution in [1.82, 2.24) is 4.90 Å². The van der Waals surface area contributed by atoms with Crippen LogP contribution in [0.1, 0.15) is 30.9 Å². The Balaban J connectivity index is 2.44. The van der Waals surface area contributed by atoms with Gasteiger partial charge in [0.1, 0.15) is 0 Å². The molecule has 108 valence electrons. The van der Waals surface area contributed by atoms with Gasteiger partial charge in [-0.3, -0.25) is 0 Å². The molecule has 1 aromatic rings. The number of hydrogen-bond donors (Lipinski definition) is 0. The van der Waals surface area contributed by atoms with Gasteiger partial charge in [0.25, 0.3) is 0 Å². The smallest absolute Gasteiger partial charge is 0.0719 e. The number of rotatable bonds is 4. The van der Waals surface area contributed by atoms with Crippen molar-refractivity contribution in [3.05, 3.63) is 53.1 Å². The van der Waals surface area contributed by atoms with E-state index < -0.39 is 0 Å². The largest absolute Gasteiger partial charge is 0.380 e. The van der Waals surface area contributed by atoms with Crippen LogP contribution in [0.2, 0.25) is 0 Å². The summed E-state index contributed by atoms with van der Waals surface area (Å²) in [4.78, 5) is 2.39. The average molecular weight is 271 g/mol. The number of hydrogen-bond acceptors (Lipinski definition) is 2. The van der Waals surface area contributed by atoms with Crippen molar-refractivity contribution < 1.29 is 4.74 Å². The third kappa shape index (κ3) is 3.38. The van der Waals surface area contributed by atoms with Crippen LogP contribution in [0.4, 0.5) is 0 Å². The van der Waals surface area contributed by atoms with Gasteiger partial charge in [0, 0.05) is 20.2 Å². The van der Waals surface area contributed by atoms with Gasteiger partial charge < -0.3 is 9.64 Å². The van der Waals surface area contributed by atoms with Gasteiger partial charge >= 0.3 is 0 Å². The molecule has 1 aliphatic rings. The number of allylic oxidation sites excluding steroid dienone is 2. The highest BCUT2D eigenvalue weighted by atomic mass is 16.5. The summed E-state index contributed by atoms with van der Waals surface area (Å²) in [6.07, 6.45) is 2.28. The second-order valence-corrected chi connectivity index (χ2v) is 5.65. The summed E-state index contributed by atoms with van der Waals surface area (Å²) in [7, 11) is 3.94. The molecule has 0 saturated carbocycles. The number of nitrogens with zero attached hydrogens (tertiary/aromatic N) is 1. The number of methoxy groups -OCH3 is 1. The van der Waals surface area contributed by atoms with Gasteiger partial charge in [0.2, 0.25) is 0 Å². The number of benzene rings is 1. The molecule has 1 aromatic carbocycles. The molecule has 20 heavy (non-hydrogen) atoms. The van der Waals surface area contributed by atoms with Crippen LogP contribution >= 0.6 is 0 Å². The predicted octanol–water partition coefficient (Wildman–Crippen LogP) is 3.89. The molecule has 0 radical (unpaired) electrons. The predicted molar refractivity (Wildman–Crippen MR) is 85.6 cm³/mol. The molecule has 1 heterocycles. The second-order valence-electron chi connectivity index (χ2n) is 5.65. The van der Waals surface area contributed by atoms with E-state index >= 15 is 0 Å². The van der Waals surface area contributed by atoms with Gasteiger partial charge in [-0.25, -0.2) is 0 Å². The summed E-state index contributed by atoms with van der Waals surface area (Å²) in [6, 6.07) is 8.53. The molecule has 2 rings (SSSR count). The van der Waals surface area contributed by atoms with E-state index in [-0.39, 0.29) is 0 Å². The Labute approximate surface area is 122 Å². The van der Waals surface area contributed by atoms with Crippen LogP contribution in [0.5, 0.6) is 0 Å². The van der Waals surface area contributed by atoms with Gasteiger partial charge in [-0.05, 0) is 43.5 Å². The molecule has 1 saturated heterocycles. The topological polar surface area (TPSA) is 12.5 Å². The molecule has 0 bridgehead atoms. The van der Waals surface area contributed by atoms with Gasteiger partial charge in [0.05, 0.1) is 6.61 Å². The van der Waals surface area contributed by atoms with Gasteiger partial charge in [0.15, 0.2) is 0 Å². The molecule has 0 N–H and O–H groups in total. The Hall–Kier alpha value is -1.38. The molecule has 2 heteroatoms. The Kier molecular flexibility index (Phi) is 5.16. The highest BCUT2D eigenvalue weighted by Gasteiger charge is 2.17. The average Bonchev–Trinajstić information content (AvgIpc) is 2.43. The zero-order chi connectivity index (χ0) is 14.5. The third-order valence-corrected chi connectivity index (χ3v) is 3.96. The molecular formula is C18H25NO. The Morgan fingerprint density at radius 1 is 1.25 bits per heavy atom. The van der Waals surface area contributed by atoms with E-state index in [2.05, 4.69) is 49.7 Å². The first-order valence-corrected chi connectivity index (χ1v) is 7.27. The van der Waals surface area contributed by atoms with E-state index in [9.17, 15) is 0 Å². The molecule has 2 nitrogen and oxygen atoms in total. The maximum atomic E-state index is 5.34. The number of likely N-dealkylation sites (tertiary alicyclic amines) is 1. The van der Waals surface area contributed by atoms with E-state index in [1.54, 1.807) is 12.7 Å². The first kappa shape index (κ1) is 15.0. The van der Waals surface area contributed by atoms with Crippen LogP contribution in [0.25, 0.3) is 5.57 Å². The first-order valence-electron chi connectivity index (χ1n) is 7.27. The normalized spacial score (nSPS) is 16.2. The van der Waals surface area contributed by atoms with Crippen molar-refractivity contribution >= 4 is 5.57 Å². The quantitative estimate of drug-likeness (QED) is 0.824. The minimum Gasteiger partial charge on any atom is -0.380 e. The fraction of sp³-hybridized carbons (Fsp3) is 0.444. The SMILES string of the molecule is C=C(C)C(=C1CCN(C)CC1)c1ccccc1COC. The third-order valence-electron chi connectivity index (χ3n) is 3.96. The van der Waals surface area contributed by atoms with Gasteiger partial charge in [-0.2, -0.15) is 0 Å². The highest BCUT2D eigenvalue weighted by Crippen LogP contribution is 2.33. The standard InChI is InChI=1S/C18H25NO/c1-14(2)18(15-9-11-19(3)12-10-15)17-8-6-5-7-16(17)13-20-4/h5-8H,1,9-13H2,2-4H3. The Morgan fingerprint density at radius 3 is 2.50 bits per heavy atom. The summed E-state index contributed by atoms with van der Waals surface area (Å²) >= 11 is 0. The lowest BCUT2D eigenvalue weighted by atomic mass is 9.87. The van der Waals surface area contributed by atoms with E-state index in [0.29, 0.717) is 6.61 Å². The van der Waals surface area contributed by atoms with E-state index in [1.807, 2.05) is 0 Å².